The van der Waals surface area contributed by atoms with Crippen LogP contribution >= 0.6 is 12.4 Å². The topological polar surface area (TPSA) is 38.3 Å². The van der Waals surface area contributed by atoms with Crippen LogP contribution in [0.3, 0.4) is 0 Å². The molecule has 0 radical (unpaired) electrons. The molecule has 1 aromatic rings. The Morgan fingerprint density at radius 3 is 2.12 bits per heavy atom. The van der Waals surface area contributed by atoms with E-state index in [0.717, 1.165) is 30.7 Å². The average Bonchev–Trinajstić information content (AvgIpc) is 2.93. The molecule has 4 heteroatoms. The van der Waals surface area contributed by atoms with E-state index in [9.17, 15) is 4.79 Å². The van der Waals surface area contributed by atoms with E-state index >= 15 is 0 Å². The molecule has 4 bridgehead atoms. The summed E-state index contributed by atoms with van der Waals surface area (Å²) in [7, 11) is 1.93. The number of esters is 1. The van der Waals surface area contributed by atoms with Gasteiger partial charge in [0.25, 0.3) is 0 Å². The summed E-state index contributed by atoms with van der Waals surface area (Å²) in [5.41, 5.74) is 1.01. The van der Waals surface area contributed by atoms with Gasteiger partial charge in [0, 0.05) is 18.4 Å². The molecule has 1 heterocycles. The van der Waals surface area contributed by atoms with Crippen molar-refractivity contribution in [3.8, 4) is 0 Å². The lowest BCUT2D eigenvalue weighted by atomic mass is 9.44. The Hall–Kier alpha value is -1.06. The summed E-state index contributed by atoms with van der Waals surface area (Å²) in [5, 5.41) is 3.20. The highest BCUT2D eigenvalue weighted by molar-refractivity contribution is 5.85. The van der Waals surface area contributed by atoms with Crippen LogP contribution < -0.4 is 5.32 Å². The van der Waals surface area contributed by atoms with E-state index in [1.807, 2.05) is 7.05 Å². The maximum atomic E-state index is 12.8. The molecule has 3 nitrogen and oxygen atoms in total. The summed E-state index contributed by atoms with van der Waals surface area (Å²) >= 11 is 0. The standard InChI is InChI=1S/C22H29NO2.ClH/c1-23-14-18-13-22(25-20(18)24,19-5-3-2-4-6-19)21-10-15-7-16(11-21)9-17(8-15)12-21;/h2-6,15-18,23H,7-14H2,1H3;1H. The van der Waals surface area contributed by atoms with Crippen LogP contribution in [0.4, 0.5) is 0 Å². The van der Waals surface area contributed by atoms with Crippen molar-refractivity contribution >= 4 is 18.4 Å². The number of carbonyl (C=O) groups excluding carboxylic acids is 1. The van der Waals surface area contributed by atoms with Gasteiger partial charge in [-0.25, -0.2) is 0 Å². The first kappa shape index (κ1) is 18.3. The highest BCUT2D eigenvalue weighted by Crippen LogP contribution is 2.69. The second kappa shape index (κ2) is 6.53. The van der Waals surface area contributed by atoms with Gasteiger partial charge < -0.3 is 10.1 Å². The van der Waals surface area contributed by atoms with Crippen molar-refractivity contribution in [2.75, 3.05) is 13.6 Å². The predicted molar refractivity (Wildman–Crippen MR) is 104 cm³/mol. The minimum atomic E-state index is -0.400. The molecule has 1 N–H and O–H groups in total. The van der Waals surface area contributed by atoms with Crippen LogP contribution in [0, 0.1) is 29.1 Å². The summed E-state index contributed by atoms with van der Waals surface area (Å²) in [5.74, 6) is 2.56. The lowest BCUT2D eigenvalue weighted by Crippen LogP contribution is -2.56. The Morgan fingerprint density at radius 2 is 1.58 bits per heavy atom. The fourth-order valence-electron chi connectivity index (χ4n) is 7.25. The van der Waals surface area contributed by atoms with E-state index < -0.39 is 5.60 Å². The van der Waals surface area contributed by atoms with Crippen molar-refractivity contribution in [3.05, 3.63) is 35.9 Å². The minimum Gasteiger partial charge on any atom is -0.453 e. The molecule has 6 rings (SSSR count). The third-order valence-corrected chi connectivity index (χ3v) is 7.73. The van der Waals surface area contributed by atoms with Crippen LogP contribution in [0.2, 0.25) is 0 Å². The maximum Gasteiger partial charge on any atom is 0.311 e. The van der Waals surface area contributed by atoms with Gasteiger partial charge in [-0.05, 0) is 68.9 Å². The Balaban J connectivity index is 0.00000168. The zero-order valence-corrected chi connectivity index (χ0v) is 16.4. The van der Waals surface area contributed by atoms with Crippen molar-refractivity contribution in [3.63, 3.8) is 0 Å². The Labute approximate surface area is 162 Å². The molecule has 4 saturated carbocycles. The molecule has 0 aromatic heterocycles. The Morgan fingerprint density at radius 1 is 1.00 bits per heavy atom. The van der Waals surface area contributed by atoms with Crippen LogP contribution in [0.25, 0.3) is 0 Å². The van der Waals surface area contributed by atoms with Crippen LogP contribution in [0.15, 0.2) is 30.3 Å². The van der Waals surface area contributed by atoms with Gasteiger partial charge >= 0.3 is 5.97 Å². The number of cyclic esters (lactones) is 1. The number of hydrogen-bond acceptors (Lipinski definition) is 3. The van der Waals surface area contributed by atoms with Crippen molar-refractivity contribution in [2.45, 2.75) is 50.5 Å². The number of carbonyl (C=O) groups is 1. The maximum absolute atomic E-state index is 12.8. The SMILES string of the molecule is CNCC1CC(c2ccccc2)(C23CC4CC(CC(C4)C2)C3)OC1=O.Cl. The Bertz CT molecular complexity index is 641. The molecule has 1 saturated heterocycles. The zero-order valence-electron chi connectivity index (χ0n) is 15.6. The molecule has 26 heavy (non-hydrogen) atoms. The number of nitrogens with one attached hydrogen (secondary N) is 1. The number of ether oxygens (including phenoxy) is 1. The first-order valence-electron chi connectivity index (χ1n) is 10.1. The van der Waals surface area contributed by atoms with Gasteiger partial charge in [0.15, 0.2) is 0 Å². The van der Waals surface area contributed by atoms with Crippen LogP contribution in [-0.4, -0.2) is 19.6 Å². The monoisotopic (exact) mass is 375 g/mol. The molecular weight excluding hydrogens is 346 g/mol. The fraction of sp³-hybridized carbons (Fsp3) is 0.682. The van der Waals surface area contributed by atoms with Gasteiger partial charge in [0.1, 0.15) is 5.60 Å². The number of hydrogen-bond donors (Lipinski definition) is 1. The molecule has 5 aliphatic rings. The average molecular weight is 376 g/mol. The molecule has 1 aliphatic heterocycles. The van der Waals surface area contributed by atoms with Gasteiger partial charge in [-0.3, -0.25) is 4.79 Å². The molecule has 2 atom stereocenters. The summed E-state index contributed by atoms with van der Waals surface area (Å²) < 4.78 is 6.41. The van der Waals surface area contributed by atoms with E-state index in [-0.39, 0.29) is 29.7 Å². The molecule has 4 aliphatic carbocycles. The van der Waals surface area contributed by atoms with Crippen molar-refractivity contribution in [2.24, 2.45) is 29.1 Å². The summed E-state index contributed by atoms with van der Waals surface area (Å²) in [6, 6.07) is 10.7. The zero-order chi connectivity index (χ0) is 17.1. The molecule has 0 amide bonds. The van der Waals surface area contributed by atoms with Gasteiger partial charge in [-0.15, -0.1) is 12.4 Å². The van der Waals surface area contributed by atoms with Gasteiger partial charge in [-0.1, -0.05) is 30.3 Å². The van der Waals surface area contributed by atoms with E-state index in [1.54, 1.807) is 0 Å². The lowest BCUT2D eigenvalue weighted by Gasteiger charge is -2.62. The van der Waals surface area contributed by atoms with Gasteiger partial charge in [-0.2, -0.15) is 0 Å². The van der Waals surface area contributed by atoms with E-state index in [0.29, 0.717) is 0 Å². The third kappa shape index (κ3) is 2.54. The van der Waals surface area contributed by atoms with Crippen molar-refractivity contribution < 1.29 is 9.53 Å². The number of rotatable bonds is 4. The second-order valence-corrected chi connectivity index (χ2v) is 9.27. The second-order valence-electron chi connectivity index (χ2n) is 9.27. The van der Waals surface area contributed by atoms with E-state index in [2.05, 4.69) is 35.6 Å². The van der Waals surface area contributed by atoms with E-state index in [4.69, 9.17) is 4.74 Å². The molecular formula is C22H30ClNO2. The van der Waals surface area contributed by atoms with Crippen LogP contribution in [-0.2, 0) is 15.1 Å². The predicted octanol–water partition coefficient (Wildman–Crippen LogP) is 4.30. The minimum absolute atomic E-state index is 0. The van der Waals surface area contributed by atoms with Crippen molar-refractivity contribution in [1.29, 1.82) is 0 Å². The number of benzene rings is 1. The molecule has 0 spiro atoms. The quantitative estimate of drug-likeness (QED) is 0.797. The Kier molecular flexibility index (Phi) is 4.60. The fourth-order valence-corrected chi connectivity index (χ4v) is 7.25. The van der Waals surface area contributed by atoms with Gasteiger partial charge in [0.2, 0.25) is 0 Å². The highest BCUT2D eigenvalue weighted by atomic mass is 35.5. The van der Waals surface area contributed by atoms with Crippen LogP contribution in [0.1, 0.15) is 50.5 Å². The first-order chi connectivity index (χ1) is 12.1. The summed E-state index contributed by atoms with van der Waals surface area (Å²) in [4.78, 5) is 12.8. The third-order valence-electron chi connectivity index (χ3n) is 7.73. The van der Waals surface area contributed by atoms with Crippen molar-refractivity contribution in [1.82, 2.24) is 5.32 Å². The first-order valence-corrected chi connectivity index (χ1v) is 10.1. The smallest absolute Gasteiger partial charge is 0.311 e. The summed E-state index contributed by atoms with van der Waals surface area (Å²) in [6.45, 7) is 0.722. The molecule has 1 aromatic carbocycles. The lowest BCUT2D eigenvalue weighted by molar-refractivity contribution is -0.198. The largest absolute Gasteiger partial charge is 0.453 e. The molecule has 142 valence electrons. The molecule has 5 fully saturated rings. The van der Waals surface area contributed by atoms with Gasteiger partial charge in [0.05, 0.1) is 5.92 Å². The molecule has 2 unspecified atom stereocenters. The normalized spacial score (nSPS) is 43.2. The highest BCUT2D eigenvalue weighted by Gasteiger charge is 2.65. The summed E-state index contributed by atoms with van der Waals surface area (Å²) in [6.07, 6.45) is 8.87. The number of halogens is 1. The van der Waals surface area contributed by atoms with E-state index in [1.165, 1.54) is 44.1 Å². The van der Waals surface area contributed by atoms with Crippen LogP contribution in [0.5, 0.6) is 0 Å².